The van der Waals surface area contributed by atoms with E-state index in [9.17, 15) is 9.59 Å². The molecule has 1 fully saturated rings. The van der Waals surface area contributed by atoms with Crippen molar-refractivity contribution in [1.82, 2.24) is 0 Å². The van der Waals surface area contributed by atoms with Gasteiger partial charge in [-0.15, -0.1) is 0 Å². The molecule has 1 unspecified atom stereocenters. The van der Waals surface area contributed by atoms with Gasteiger partial charge in [-0.3, -0.25) is 9.59 Å². The molecule has 0 amide bonds. The Kier molecular flexibility index (Phi) is 3.94. The lowest BCUT2D eigenvalue weighted by Crippen LogP contribution is -2.41. The first-order valence-corrected chi connectivity index (χ1v) is 7.19. The van der Waals surface area contributed by atoms with Crippen molar-refractivity contribution in [2.75, 3.05) is 0 Å². The van der Waals surface area contributed by atoms with Crippen molar-refractivity contribution in [2.24, 2.45) is 10.8 Å². The quantitative estimate of drug-likeness (QED) is 0.609. The topological polar surface area (TPSA) is 34.1 Å². The summed E-state index contributed by atoms with van der Waals surface area (Å²) >= 11 is 0. The van der Waals surface area contributed by atoms with E-state index in [1.54, 1.807) is 18.2 Å². The van der Waals surface area contributed by atoms with Crippen LogP contribution in [0.2, 0.25) is 0 Å². The minimum atomic E-state index is -0.508. The lowest BCUT2D eigenvalue weighted by molar-refractivity contribution is -0.137. The Bertz CT molecular complexity index is 540. The van der Waals surface area contributed by atoms with Crippen LogP contribution in [0.25, 0.3) is 0 Å². The molecule has 1 saturated carbocycles. The Morgan fingerprint density at radius 3 is 2.40 bits per heavy atom. The van der Waals surface area contributed by atoms with E-state index in [1.807, 2.05) is 45.0 Å². The largest absolute Gasteiger partial charge is 0.298 e. The van der Waals surface area contributed by atoms with Gasteiger partial charge >= 0.3 is 0 Å². The van der Waals surface area contributed by atoms with Crippen LogP contribution in [0.15, 0.2) is 42.5 Å². The summed E-state index contributed by atoms with van der Waals surface area (Å²) in [6.45, 7) is 5.95. The Labute approximate surface area is 120 Å². The summed E-state index contributed by atoms with van der Waals surface area (Å²) in [5.74, 6) is 0.205. The normalized spacial score (nSPS) is 25.9. The van der Waals surface area contributed by atoms with E-state index in [1.165, 1.54) is 0 Å². The number of ketones is 2. The summed E-state index contributed by atoms with van der Waals surface area (Å²) in [4.78, 5) is 24.7. The number of hydrogen-bond acceptors (Lipinski definition) is 2. The van der Waals surface area contributed by atoms with Crippen molar-refractivity contribution in [2.45, 2.75) is 40.0 Å². The van der Waals surface area contributed by atoms with E-state index >= 15 is 0 Å². The molecule has 0 spiro atoms. The van der Waals surface area contributed by atoms with Crippen LogP contribution < -0.4 is 0 Å². The zero-order valence-corrected chi connectivity index (χ0v) is 12.5. The summed E-state index contributed by atoms with van der Waals surface area (Å²) in [6.07, 6.45) is 6.16. The monoisotopic (exact) mass is 270 g/mol. The molecule has 1 aromatic carbocycles. The fraction of sp³-hybridized carbons (Fsp3) is 0.444. The summed E-state index contributed by atoms with van der Waals surface area (Å²) < 4.78 is 0. The fourth-order valence-corrected chi connectivity index (χ4v) is 3.01. The van der Waals surface area contributed by atoms with Crippen LogP contribution in [0.5, 0.6) is 0 Å². The first kappa shape index (κ1) is 14.7. The number of allylic oxidation sites excluding steroid dienone is 2. The van der Waals surface area contributed by atoms with E-state index in [2.05, 4.69) is 0 Å². The number of carbonyl (C=O) groups excluding carboxylic acids is 2. The van der Waals surface area contributed by atoms with Crippen molar-refractivity contribution in [1.29, 1.82) is 0 Å². The second kappa shape index (κ2) is 5.35. The minimum Gasteiger partial charge on any atom is -0.298 e. The van der Waals surface area contributed by atoms with Crippen LogP contribution in [0, 0.1) is 10.8 Å². The highest BCUT2D eigenvalue weighted by Gasteiger charge is 2.43. The molecule has 1 aliphatic carbocycles. The van der Waals surface area contributed by atoms with Gasteiger partial charge in [0.05, 0.1) is 0 Å². The molecule has 0 aliphatic heterocycles. The van der Waals surface area contributed by atoms with E-state index in [0.29, 0.717) is 5.56 Å². The van der Waals surface area contributed by atoms with Crippen molar-refractivity contribution >= 4 is 11.6 Å². The van der Waals surface area contributed by atoms with Gasteiger partial charge in [-0.05, 0) is 25.8 Å². The molecule has 0 bridgehead atoms. The third-order valence-corrected chi connectivity index (χ3v) is 4.29. The zero-order valence-electron chi connectivity index (χ0n) is 12.5. The predicted molar refractivity (Wildman–Crippen MR) is 80.7 cm³/mol. The Hall–Kier alpha value is -1.70. The SMILES string of the molecule is CC1(C)CCCC(C)(/C=C/C(=O)c2ccccc2)C1=O. The van der Waals surface area contributed by atoms with Crippen LogP contribution in [-0.4, -0.2) is 11.6 Å². The molecule has 2 nitrogen and oxygen atoms in total. The molecule has 106 valence electrons. The van der Waals surface area contributed by atoms with Crippen LogP contribution in [0.4, 0.5) is 0 Å². The van der Waals surface area contributed by atoms with Crippen LogP contribution in [0.1, 0.15) is 50.4 Å². The second-order valence-corrected chi connectivity index (χ2v) is 6.55. The first-order valence-electron chi connectivity index (χ1n) is 7.19. The van der Waals surface area contributed by atoms with Crippen molar-refractivity contribution in [3.8, 4) is 0 Å². The molecule has 2 heteroatoms. The third-order valence-electron chi connectivity index (χ3n) is 4.29. The molecular weight excluding hydrogens is 248 g/mol. The Morgan fingerprint density at radius 2 is 1.75 bits per heavy atom. The van der Waals surface area contributed by atoms with Crippen molar-refractivity contribution in [3.05, 3.63) is 48.0 Å². The molecule has 0 saturated heterocycles. The van der Waals surface area contributed by atoms with Crippen LogP contribution in [0.3, 0.4) is 0 Å². The van der Waals surface area contributed by atoms with E-state index in [4.69, 9.17) is 0 Å². The highest BCUT2D eigenvalue weighted by atomic mass is 16.1. The molecule has 0 N–H and O–H groups in total. The Balaban J connectivity index is 2.18. The van der Waals surface area contributed by atoms with Gasteiger partial charge in [0.25, 0.3) is 0 Å². The number of benzene rings is 1. The molecule has 1 aromatic rings. The highest BCUT2D eigenvalue weighted by Crippen LogP contribution is 2.43. The van der Waals surface area contributed by atoms with Crippen LogP contribution >= 0.6 is 0 Å². The number of Topliss-reactive ketones (excluding diaryl/α,β-unsaturated/α-hetero) is 1. The molecule has 20 heavy (non-hydrogen) atoms. The van der Waals surface area contributed by atoms with Gasteiger partial charge < -0.3 is 0 Å². The van der Waals surface area contributed by atoms with Gasteiger partial charge in [0.15, 0.2) is 5.78 Å². The summed E-state index contributed by atoms with van der Waals surface area (Å²) in [7, 11) is 0. The molecule has 0 heterocycles. The Morgan fingerprint density at radius 1 is 1.10 bits per heavy atom. The average Bonchev–Trinajstić information content (AvgIpc) is 2.43. The van der Waals surface area contributed by atoms with Gasteiger partial charge in [-0.1, -0.05) is 56.7 Å². The smallest absolute Gasteiger partial charge is 0.185 e. The molecule has 0 aromatic heterocycles. The van der Waals surface area contributed by atoms with Gasteiger partial charge in [-0.2, -0.15) is 0 Å². The van der Waals surface area contributed by atoms with Crippen molar-refractivity contribution in [3.63, 3.8) is 0 Å². The minimum absolute atomic E-state index is 0.0389. The van der Waals surface area contributed by atoms with E-state index in [0.717, 1.165) is 19.3 Å². The maximum Gasteiger partial charge on any atom is 0.185 e. The van der Waals surface area contributed by atoms with Crippen LogP contribution in [-0.2, 0) is 4.79 Å². The fourth-order valence-electron chi connectivity index (χ4n) is 3.01. The standard InChI is InChI=1S/C18H22O2/c1-17(2)11-7-12-18(3,16(17)20)13-10-15(19)14-8-5-4-6-9-14/h4-6,8-10,13H,7,11-12H2,1-3H3/b13-10+. The first-order chi connectivity index (χ1) is 9.35. The molecular formula is C18H22O2. The van der Waals surface area contributed by atoms with Crippen molar-refractivity contribution < 1.29 is 9.59 Å². The van der Waals surface area contributed by atoms with E-state index < -0.39 is 5.41 Å². The van der Waals surface area contributed by atoms with Gasteiger partial charge in [0.1, 0.15) is 5.78 Å². The lowest BCUT2D eigenvalue weighted by Gasteiger charge is -2.39. The predicted octanol–water partition coefficient (Wildman–Crippen LogP) is 4.21. The van der Waals surface area contributed by atoms with Gasteiger partial charge in [0, 0.05) is 16.4 Å². The summed E-state index contributed by atoms with van der Waals surface area (Å²) in [5.41, 5.74) is -0.130. The average molecular weight is 270 g/mol. The lowest BCUT2D eigenvalue weighted by atomic mass is 9.63. The molecule has 1 aliphatic rings. The molecule has 1 atom stereocenters. The number of hydrogen-bond donors (Lipinski definition) is 0. The number of carbonyl (C=O) groups is 2. The highest BCUT2D eigenvalue weighted by molar-refractivity contribution is 6.05. The maximum absolute atomic E-state index is 12.6. The summed E-state index contributed by atoms with van der Waals surface area (Å²) in [5, 5.41) is 0. The van der Waals surface area contributed by atoms with Gasteiger partial charge in [0.2, 0.25) is 0 Å². The molecule has 0 radical (unpaired) electrons. The zero-order chi connectivity index (χ0) is 14.8. The maximum atomic E-state index is 12.6. The second-order valence-electron chi connectivity index (χ2n) is 6.55. The summed E-state index contributed by atoms with van der Waals surface area (Å²) in [6, 6.07) is 9.16. The van der Waals surface area contributed by atoms with E-state index in [-0.39, 0.29) is 17.0 Å². The molecule has 2 rings (SSSR count). The van der Waals surface area contributed by atoms with Gasteiger partial charge in [-0.25, -0.2) is 0 Å². The third kappa shape index (κ3) is 2.90. The number of rotatable bonds is 3.